The average molecular weight is 497 g/mol. The number of nitrogens with one attached hydrogen (secondary N) is 3. The molecular weight excluding hydrogens is 460 g/mol. The SMILES string of the molecule is CCC(C)C(NC(=O)C(N)C(C)C)C(=O)NC(CS)C(=O)NC(Cc1ccc(O)cc1)C(=O)O. The number of aromatic hydroxyl groups is 1. The van der Waals surface area contributed by atoms with Gasteiger partial charge in [0.25, 0.3) is 0 Å². The number of carboxylic acids is 1. The zero-order chi connectivity index (χ0) is 26.0. The van der Waals surface area contributed by atoms with E-state index >= 15 is 0 Å². The zero-order valence-electron chi connectivity index (χ0n) is 19.9. The number of hydrogen-bond acceptors (Lipinski definition) is 7. The van der Waals surface area contributed by atoms with E-state index in [0.717, 1.165) is 0 Å². The number of benzene rings is 1. The monoisotopic (exact) mass is 496 g/mol. The van der Waals surface area contributed by atoms with Gasteiger partial charge in [-0.3, -0.25) is 14.4 Å². The van der Waals surface area contributed by atoms with Gasteiger partial charge in [-0.1, -0.05) is 46.2 Å². The van der Waals surface area contributed by atoms with Gasteiger partial charge in [-0.05, 0) is 29.5 Å². The summed E-state index contributed by atoms with van der Waals surface area (Å²) in [5.74, 6) is -3.45. The van der Waals surface area contributed by atoms with Crippen LogP contribution in [-0.2, 0) is 25.6 Å². The maximum absolute atomic E-state index is 13.0. The van der Waals surface area contributed by atoms with Crippen molar-refractivity contribution < 1.29 is 29.4 Å². The number of carbonyl (C=O) groups excluding carboxylic acids is 3. The number of carboxylic acid groups (broad SMARTS) is 1. The molecule has 1 rings (SSSR count). The summed E-state index contributed by atoms with van der Waals surface area (Å²) in [6.07, 6.45) is 0.563. The van der Waals surface area contributed by atoms with E-state index in [-0.39, 0.29) is 29.8 Å². The largest absolute Gasteiger partial charge is 0.508 e. The lowest BCUT2D eigenvalue weighted by Gasteiger charge is -2.28. The summed E-state index contributed by atoms with van der Waals surface area (Å²) in [4.78, 5) is 49.9. The van der Waals surface area contributed by atoms with Gasteiger partial charge >= 0.3 is 5.97 Å². The average Bonchev–Trinajstić information content (AvgIpc) is 2.80. The Morgan fingerprint density at radius 3 is 1.97 bits per heavy atom. The second kappa shape index (κ2) is 13.8. The number of phenols is 1. The highest BCUT2D eigenvalue weighted by atomic mass is 32.1. The molecule has 1 aromatic carbocycles. The lowest BCUT2D eigenvalue weighted by Crippen LogP contribution is -2.59. The topological polar surface area (TPSA) is 171 Å². The molecule has 34 heavy (non-hydrogen) atoms. The number of amides is 3. The predicted octanol–water partition coefficient (Wildman–Crippen LogP) is 0.433. The van der Waals surface area contributed by atoms with Crippen molar-refractivity contribution >= 4 is 36.3 Å². The van der Waals surface area contributed by atoms with E-state index in [2.05, 4.69) is 28.6 Å². The van der Waals surface area contributed by atoms with E-state index < -0.39 is 47.9 Å². The lowest BCUT2D eigenvalue weighted by atomic mass is 9.96. The smallest absolute Gasteiger partial charge is 0.326 e. The Balaban J connectivity index is 2.91. The van der Waals surface area contributed by atoms with Gasteiger partial charge in [0.05, 0.1) is 6.04 Å². The van der Waals surface area contributed by atoms with Crippen LogP contribution < -0.4 is 21.7 Å². The second-order valence-electron chi connectivity index (χ2n) is 8.66. The first kappa shape index (κ1) is 29.2. The Kier molecular flexibility index (Phi) is 11.9. The van der Waals surface area contributed by atoms with Crippen LogP contribution in [-0.4, -0.2) is 63.8 Å². The second-order valence-corrected chi connectivity index (χ2v) is 9.02. The number of aliphatic carboxylic acids is 1. The van der Waals surface area contributed by atoms with Gasteiger partial charge in [0.1, 0.15) is 23.9 Å². The minimum Gasteiger partial charge on any atom is -0.508 e. The Hall–Kier alpha value is -2.79. The molecule has 11 heteroatoms. The van der Waals surface area contributed by atoms with Crippen LogP contribution in [0.2, 0.25) is 0 Å². The van der Waals surface area contributed by atoms with Crippen LogP contribution >= 0.6 is 12.6 Å². The van der Waals surface area contributed by atoms with Crippen molar-refractivity contribution in [2.24, 2.45) is 17.6 Å². The highest BCUT2D eigenvalue weighted by Gasteiger charge is 2.32. The van der Waals surface area contributed by atoms with E-state index in [1.165, 1.54) is 12.1 Å². The Morgan fingerprint density at radius 2 is 1.50 bits per heavy atom. The van der Waals surface area contributed by atoms with Crippen molar-refractivity contribution in [3.8, 4) is 5.75 Å². The molecule has 0 spiro atoms. The number of carbonyl (C=O) groups is 4. The maximum Gasteiger partial charge on any atom is 0.326 e. The van der Waals surface area contributed by atoms with Gasteiger partial charge in [-0.2, -0.15) is 12.6 Å². The van der Waals surface area contributed by atoms with Crippen LogP contribution in [0.25, 0.3) is 0 Å². The summed E-state index contributed by atoms with van der Waals surface area (Å²) < 4.78 is 0. The van der Waals surface area contributed by atoms with Crippen LogP contribution in [0.4, 0.5) is 0 Å². The fourth-order valence-electron chi connectivity index (χ4n) is 3.05. The van der Waals surface area contributed by atoms with Crippen LogP contribution in [0.15, 0.2) is 24.3 Å². The molecule has 5 unspecified atom stereocenters. The number of thiol groups is 1. The van der Waals surface area contributed by atoms with Gasteiger partial charge in [-0.15, -0.1) is 0 Å². The molecule has 0 bridgehead atoms. The molecule has 3 amide bonds. The third-order valence-electron chi connectivity index (χ3n) is 5.62. The quantitative estimate of drug-likeness (QED) is 0.194. The van der Waals surface area contributed by atoms with Gasteiger partial charge in [0.15, 0.2) is 0 Å². The molecule has 7 N–H and O–H groups in total. The molecule has 0 radical (unpaired) electrons. The van der Waals surface area contributed by atoms with Crippen molar-refractivity contribution in [2.45, 2.75) is 64.7 Å². The fourth-order valence-corrected chi connectivity index (χ4v) is 3.31. The molecule has 0 aliphatic rings. The van der Waals surface area contributed by atoms with Crippen molar-refractivity contribution in [3.05, 3.63) is 29.8 Å². The number of hydrogen-bond donors (Lipinski definition) is 7. The molecule has 0 heterocycles. The summed E-state index contributed by atoms with van der Waals surface area (Å²) in [6.45, 7) is 7.24. The summed E-state index contributed by atoms with van der Waals surface area (Å²) >= 11 is 4.13. The van der Waals surface area contributed by atoms with Crippen molar-refractivity contribution in [2.75, 3.05) is 5.75 Å². The van der Waals surface area contributed by atoms with E-state index in [1.807, 2.05) is 6.92 Å². The van der Waals surface area contributed by atoms with Crippen LogP contribution in [0.5, 0.6) is 5.75 Å². The van der Waals surface area contributed by atoms with Crippen molar-refractivity contribution in [1.29, 1.82) is 0 Å². The first-order valence-corrected chi connectivity index (χ1v) is 11.8. The molecule has 0 aliphatic heterocycles. The highest BCUT2D eigenvalue weighted by Crippen LogP contribution is 2.12. The van der Waals surface area contributed by atoms with E-state index in [4.69, 9.17) is 5.73 Å². The molecule has 0 fully saturated rings. The van der Waals surface area contributed by atoms with Gasteiger partial charge in [0.2, 0.25) is 17.7 Å². The molecule has 0 saturated carbocycles. The minimum absolute atomic E-state index is 0.0206. The normalized spacial score (nSPS) is 15.5. The molecule has 1 aromatic rings. The molecule has 190 valence electrons. The van der Waals surface area contributed by atoms with Crippen LogP contribution in [0, 0.1) is 11.8 Å². The number of nitrogens with two attached hydrogens (primary N) is 1. The molecule has 0 aromatic heterocycles. The predicted molar refractivity (Wildman–Crippen MR) is 131 cm³/mol. The number of rotatable bonds is 13. The first-order valence-electron chi connectivity index (χ1n) is 11.2. The summed E-state index contributed by atoms with van der Waals surface area (Å²) in [5.41, 5.74) is 6.49. The van der Waals surface area contributed by atoms with E-state index in [1.54, 1.807) is 32.9 Å². The molecule has 0 aliphatic carbocycles. The lowest BCUT2D eigenvalue weighted by molar-refractivity contribution is -0.142. The standard InChI is InChI=1S/C23H36N4O6S/c1-5-13(4)19(27-21(30)18(24)12(2)3)22(31)26-17(11-34)20(29)25-16(23(32)33)10-14-6-8-15(28)9-7-14/h6-9,12-13,16-19,28,34H,5,10-11,24H2,1-4H3,(H,25,29)(H,26,31)(H,27,30)(H,32,33). The van der Waals surface area contributed by atoms with Crippen molar-refractivity contribution in [1.82, 2.24) is 16.0 Å². The number of phenolic OH excluding ortho intramolecular Hbond substituents is 1. The first-order chi connectivity index (χ1) is 15.9. The van der Waals surface area contributed by atoms with E-state index in [0.29, 0.717) is 12.0 Å². The zero-order valence-corrected chi connectivity index (χ0v) is 20.8. The van der Waals surface area contributed by atoms with Crippen molar-refractivity contribution in [3.63, 3.8) is 0 Å². The molecule has 5 atom stereocenters. The summed E-state index contributed by atoms with van der Waals surface area (Å²) in [5, 5.41) is 26.6. The Labute approximate surface area is 205 Å². The Bertz CT molecular complexity index is 848. The Morgan fingerprint density at radius 1 is 0.941 bits per heavy atom. The highest BCUT2D eigenvalue weighted by molar-refractivity contribution is 7.80. The van der Waals surface area contributed by atoms with Gasteiger partial charge in [0, 0.05) is 12.2 Å². The maximum atomic E-state index is 13.0. The molecule has 0 saturated heterocycles. The summed E-state index contributed by atoms with van der Waals surface area (Å²) in [7, 11) is 0. The van der Waals surface area contributed by atoms with Crippen LogP contribution in [0.1, 0.15) is 39.7 Å². The third kappa shape index (κ3) is 8.86. The molecular formula is C23H36N4O6S. The summed E-state index contributed by atoms with van der Waals surface area (Å²) in [6, 6.07) is 1.84. The third-order valence-corrected chi connectivity index (χ3v) is 5.99. The van der Waals surface area contributed by atoms with Gasteiger partial charge < -0.3 is 31.9 Å². The van der Waals surface area contributed by atoms with Crippen LogP contribution in [0.3, 0.4) is 0 Å². The fraction of sp³-hybridized carbons (Fsp3) is 0.565. The van der Waals surface area contributed by atoms with E-state index in [9.17, 15) is 29.4 Å². The van der Waals surface area contributed by atoms with Gasteiger partial charge in [-0.25, -0.2) is 4.79 Å². The minimum atomic E-state index is -1.26. The molecule has 10 nitrogen and oxygen atoms in total.